The highest BCUT2D eigenvalue weighted by atomic mass is 19.3. The SMILES string of the molecule is CCOC(=O)C(F)(F)[C@@H](O)[C@H](N)CC1CCCCC1. The van der Waals surface area contributed by atoms with Gasteiger partial charge in [-0.15, -0.1) is 0 Å². The molecule has 1 aliphatic carbocycles. The topological polar surface area (TPSA) is 72.5 Å². The first-order chi connectivity index (χ1) is 8.89. The zero-order valence-corrected chi connectivity index (χ0v) is 11.3. The zero-order valence-electron chi connectivity index (χ0n) is 11.3. The molecular weight excluding hydrogens is 256 g/mol. The van der Waals surface area contributed by atoms with Crippen LogP contribution in [0.25, 0.3) is 0 Å². The minimum absolute atomic E-state index is 0.154. The van der Waals surface area contributed by atoms with Gasteiger partial charge in [-0.25, -0.2) is 4.79 Å². The number of hydrogen-bond donors (Lipinski definition) is 2. The van der Waals surface area contributed by atoms with Crippen LogP contribution in [0.4, 0.5) is 8.78 Å². The Kier molecular flexibility index (Phi) is 6.13. The maximum absolute atomic E-state index is 13.6. The number of esters is 1. The number of ether oxygens (including phenoxy) is 1. The van der Waals surface area contributed by atoms with Crippen molar-refractivity contribution in [1.29, 1.82) is 0 Å². The number of nitrogens with two attached hydrogens (primary N) is 1. The molecular formula is C13H23F2NO3. The number of halogens is 2. The third kappa shape index (κ3) is 4.38. The molecule has 0 spiro atoms. The molecule has 112 valence electrons. The van der Waals surface area contributed by atoms with Gasteiger partial charge < -0.3 is 15.6 Å². The Morgan fingerprint density at radius 2 is 2.00 bits per heavy atom. The van der Waals surface area contributed by atoms with Crippen LogP contribution in [0.15, 0.2) is 0 Å². The third-order valence-corrected chi connectivity index (χ3v) is 3.65. The smallest absolute Gasteiger partial charge is 0.379 e. The number of carbonyl (C=O) groups is 1. The van der Waals surface area contributed by atoms with Crippen molar-refractivity contribution < 1.29 is 23.4 Å². The van der Waals surface area contributed by atoms with Crippen LogP contribution < -0.4 is 5.73 Å². The van der Waals surface area contributed by atoms with E-state index in [-0.39, 0.29) is 12.5 Å². The zero-order chi connectivity index (χ0) is 14.5. The quantitative estimate of drug-likeness (QED) is 0.728. The molecule has 19 heavy (non-hydrogen) atoms. The third-order valence-electron chi connectivity index (χ3n) is 3.65. The second kappa shape index (κ2) is 7.14. The summed E-state index contributed by atoms with van der Waals surface area (Å²) in [5, 5.41) is 9.60. The molecule has 1 rings (SSSR count). The van der Waals surface area contributed by atoms with Crippen LogP contribution in [-0.4, -0.2) is 35.8 Å². The van der Waals surface area contributed by atoms with E-state index in [1.807, 2.05) is 0 Å². The van der Waals surface area contributed by atoms with Gasteiger partial charge in [-0.2, -0.15) is 8.78 Å². The van der Waals surface area contributed by atoms with Gasteiger partial charge in [-0.05, 0) is 19.3 Å². The van der Waals surface area contributed by atoms with E-state index in [4.69, 9.17) is 5.73 Å². The summed E-state index contributed by atoms with van der Waals surface area (Å²) >= 11 is 0. The van der Waals surface area contributed by atoms with Gasteiger partial charge in [0.05, 0.1) is 6.61 Å². The number of hydrogen-bond acceptors (Lipinski definition) is 4. The standard InChI is InChI=1S/C13H23F2NO3/c1-2-19-12(18)13(14,15)11(17)10(16)8-9-6-4-3-5-7-9/h9-11,17H,2-8,16H2,1H3/t10-,11+/m1/s1. The van der Waals surface area contributed by atoms with Crippen LogP contribution in [0.2, 0.25) is 0 Å². The minimum Gasteiger partial charge on any atom is -0.461 e. The molecule has 0 saturated heterocycles. The Hall–Kier alpha value is -0.750. The molecule has 1 aliphatic rings. The van der Waals surface area contributed by atoms with Crippen molar-refractivity contribution in [1.82, 2.24) is 0 Å². The van der Waals surface area contributed by atoms with Gasteiger partial charge in [-0.1, -0.05) is 32.1 Å². The van der Waals surface area contributed by atoms with Crippen molar-refractivity contribution in [3.63, 3.8) is 0 Å². The normalized spacial score (nSPS) is 20.9. The van der Waals surface area contributed by atoms with Crippen molar-refractivity contribution in [2.45, 2.75) is 63.5 Å². The molecule has 0 amide bonds. The predicted octanol–water partition coefficient (Wildman–Crippen LogP) is 1.84. The van der Waals surface area contributed by atoms with Crippen LogP contribution in [0.5, 0.6) is 0 Å². The molecule has 0 aromatic carbocycles. The van der Waals surface area contributed by atoms with E-state index in [1.165, 1.54) is 6.92 Å². The Morgan fingerprint density at radius 3 is 2.53 bits per heavy atom. The highest BCUT2D eigenvalue weighted by Gasteiger charge is 2.50. The summed E-state index contributed by atoms with van der Waals surface area (Å²) in [5.41, 5.74) is 5.63. The van der Waals surface area contributed by atoms with Crippen molar-refractivity contribution in [2.24, 2.45) is 11.7 Å². The minimum atomic E-state index is -3.94. The summed E-state index contributed by atoms with van der Waals surface area (Å²) < 4.78 is 31.5. The molecule has 0 heterocycles. The summed E-state index contributed by atoms with van der Waals surface area (Å²) in [6, 6.07) is -1.11. The second-order valence-electron chi connectivity index (χ2n) is 5.19. The second-order valence-corrected chi connectivity index (χ2v) is 5.19. The fourth-order valence-corrected chi connectivity index (χ4v) is 2.55. The van der Waals surface area contributed by atoms with Crippen LogP contribution in [0.3, 0.4) is 0 Å². The highest BCUT2D eigenvalue weighted by Crippen LogP contribution is 2.30. The predicted molar refractivity (Wildman–Crippen MR) is 66.8 cm³/mol. The van der Waals surface area contributed by atoms with E-state index in [2.05, 4.69) is 4.74 Å². The molecule has 0 bridgehead atoms. The summed E-state index contributed by atoms with van der Waals surface area (Å²) in [7, 11) is 0. The summed E-state index contributed by atoms with van der Waals surface area (Å²) in [5.74, 6) is -5.39. The van der Waals surface area contributed by atoms with E-state index in [1.54, 1.807) is 0 Å². The van der Waals surface area contributed by atoms with Gasteiger partial charge in [0, 0.05) is 6.04 Å². The first kappa shape index (κ1) is 16.3. The number of carbonyl (C=O) groups excluding carboxylic acids is 1. The number of aliphatic hydroxyl groups is 1. The van der Waals surface area contributed by atoms with Crippen molar-refractivity contribution in [3.8, 4) is 0 Å². The first-order valence-electron chi connectivity index (χ1n) is 6.88. The summed E-state index contributed by atoms with van der Waals surface area (Å²) in [6.07, 6.45) is 3.33. The number of rotatable bonds is 6. The molecule has 1 fully saturated rings. The molecule has 0 radical (unpaired) electrons. The van der Waals surface area contributed by atoms with Gasteiger partial charge in [0.2, 0.25) is 0 Å². The van der Waals surface area contributed by atoms with E-state index < -0.39 is 24.0 Å². The Labute approximate surface area is 112 Å². The van der Waals surface area contributed by atoms with Crippen LogP contribution >= 0.6 is 0 Å². The largest absolute Gasteiger partial charge is 0.461 e. The highest BCUT2D eigenvalue weighted by molar-refractivity contribution is 5.78. The lowest BCUT2D eigenvalue weighted by molar-refractivity contribution is -0.190. The van der Waals surface area contributed by atoms with Gasteiger partial charge in [0.1, 0.15) is 6.10 Å². The molecule has 0 unspecified atom stereocenters. The average Bonchev–Trinajstić information content (AvgIpc) is 2.39. The molecule has 4 nitrogen and oxygen atoms in total. The van der Waals surface area contributed by atoms with E-state index in [0.717, 1.165) is 32.1 Å². The Morgan fingerprint density at radius 1 is 1.42 bits per heavy atom. The van der Waals surface area contributed by atoms with Crippen LogP contribution in [0, 0.1) is 5.92 Å². The van der Waals surface area contributed by atoms with Crippen molar-refractivity contribution in [2.75, 3.05) is 6.61 Å². The molecule has 1 saturated carbocycles. The van der Waals surface area contributed by atoms with Gasteiger partial charge in [-0.3, -0.25) is 0 Å². The molecule has 2 atom stereocenters. The maximum Gasteiger partial charge on any atom is 0.379 e. The van der Waals surface area contributed by atoms with E-state index >= 15 is 0 Å². The fourth-order valence-electron chi connectivity index (χ4n) is 2.55. The number of aliphatic hydroxyl groups excluding tert-OH is 1. The van der Waals surface area contributed by atoms with Gasteiger partial charge in [0.25, 0.3) is 0 Å². The summed E-state index contributed by atoms with van der Waals surface area (Å²) in [4.78, 5) is 11.1. The number of alkyl halides is 2. The van der Waals surface area contributed by atoms with E-state index in [0.29, 0.717) is 6.42 Å². The van der Waals surface area contributed by atoms with Gasteiger partial charge in [0.15, 0.2) is 0 Å². The molecule has 6 heteroatoms. The molecule has 3 N–H and O–H groups in total. The van der Waals surface area contributed by atoms with Gasteiger partial charge >= 0.3 is 11.9 Å². The van der Waals surface area contributed by atoms with Crippen LogP contribution in [0.1, 0.15) is 45.4 Å². The van der Waals surface area contributed by atoms with Crippen LogP contribution in [-0.2, 0) is 9.53 Å². The van der Waals surface area contributed by atoms with Crippen molar-refractivity contribution in [3.05, 3.63) is 0 Å². The fraction of sp³-hybridized carbons (Fsp3) is 0.923. The lowest BCUT2D eigenvalue weighted by atomic mass is 9.83. The lowest BCUT2D eigenvalue weighted by Gasteiger charge is -2.29. The molecule has 0 aliphatic heterocycles. The Bertz CT molecular complexity index is 294. The molecule has 0 aromatic rings. The van der Waals surface area contributed by atoms with Crippen molar-refractivity contribution >= 4 is 5.97 Å². The lowest BCUT2D eigenvalue weighted by Crippen LogP contribution is -2.52. The Balaban J connectivity index is 2.54. The average molecular weight is 279 g/mol. The first-order valence-corrected chi connectivity index (χ1v) is 6.88. The molecule has 0 aromatic heterocycles. The monoisotopic (exact) mass is 279 g/mol. The van der Waals surface area contributed by atoms with E-state index in [9.17, 15) is 18.7 Å². The maximum atomic E-state index is 13.6. The summed E-state index contributed by atoms with van der Waals surface area (Å²) in [6.45, 7) is 1.28.